The molecular formula is C33H31NSi. The smallest absolute Gasteiger partial charge is 0.0750 e. The van der Waals surface area contributed by atoms with Crippen molar-refractivity contribution in [3.63, 3.8) is 0 Å². The van der Waals surface area contributed by atoms with Crippen LogP contribution in [-0.4, -0.2) is 12.6 Å². The van der Waals surface area contributed by atoms with E-state index in [-0.39, 0.29) is 0 Å². The molecule has 1 unspecified atom stereocenters. The summed E-state index contributed by atoms with van der Waals surface area (Å²) in [6, 6.07) is 32.5. The van der Waals surface area contributed by atoms with Gasteiger partial charge in [0.05, 0.1) is 8.07 Å². The van der Waals surface area contributed by atoms with Gasteiger partial charge < -0.3 is 4.57 Å². The lowest BCUT2D eigenvalue weighted by molar-refractivity contribution is 0.853. The van der Waals surface area contributed by atoms with Crippen LogP contribution in [0, 0.1) is 13.8 Å². The maximum Gasteiger partial charge on any atom is 0.0750 e. The Bertz CT molecular complexity index is 1620. The fraction of sp³-hybridized carbons (Fsp3) is 0.212. The quantitative estimate of drug-likeness (QED) is 0.228. The molecule has 0 fully saturated rings. The van der Waals surface area contributed by atoms with Gasteiger partial charge in [-0.15, -0.1) is 0 Å². The average molecular weight is 470 g/mol. The fourth-order valence-electron chi connectivity index (χ4n) is 7.38. The fourth-order valence-corrected chi connectivity index (χ4v) is 11.9. The number of para-hydroxylation sites is 1. The highest BCUT2D eigenvalue weighted by Gasteiger charge is 2.51. The maximum atomic E-state index is 2.65. The number of benzene rings is 4. The Hall–Kier alpha value is -3.36. The van der Waals surface area contributed by atoms with Crippen molar-refractivity contribution < 1.29 is 0 Å². The molecule has 1 heterocycles. The molecule has 0 N–H and O–H groups in total. The normalized spacial score (nSPS) is 16.3. The van der Waals surface area contributed by atoms with Crippen molar-refractivity contribution in [1.82, 2.24) is 4.57 Å². The molecule has 2 heteroatoms. The molecule has 4 aromatic carbocycles. The minimum Gasteiger partial charge on any atom is -0.347 e. The number of hydrogen-bond acceptors (Lipinski definition) is 0. The highest BCUT2D eigenvalue weighted by molar-refractivity contribution is 6.82. The number of fused-ring (bicyclic) bond motifs is 8. The van der Waals surface area contributed by atoms with E-state index < -0.39 is 8.07 Å². The molecule has 0 aliphatic heterocycles. The number of aromatic nitrogens is 1. The SMILES string of the molecule is Cc1ccc2c(c1)C([Si](C)(C)C1c3ccccc3-c3c1n(C)c1ccccc31)c1cc(C)ccc1-2. The van der Waals surface area contributed by atoms with Crippen LogP contribution < -0.4 is 0 Å². The van der Waals surface area contributed by atoms with Crippen molar-refractivity contribution in [2.75, 3.05) is 0 Å². The first kappa shape index (κ1) is 21.0. The Morgan fingerprint density at radius 3 is 1.91 bits per heavy atom. The zero-order chi connectivity index (χ0) is 24.1. The standard InChI is InChI=1S/C33H31NSi/c1-20-14-16-22-23-17-15-21(2)19-28(23)32(27(22)18-20)35(4,5)33-25-11-7-6-10-24(25)30-26-12-8-9-13-29(26)34(3)31(30)33/h6-19,32-33H,1-5H3. The first-order chi connectivity index (χ1) is 16.9. The Labute approximate surface area is 209 Å². The summed E-state index contributed by atoms with van der Waals surface area (Å²) in [7, 11) is 0.284. The summed E-state index contributed by atoms with van der Waals surface area (Å²) < 4.78 is 2.51. The van der Waals surface area contributed by atoms with Gasteiger partial charge in [0.1, 0.15) is 0 Å². The molecule has 0 radical (unpaired) electrons. The van der Waals surface area contributed by atoms with Crippen molar-refractivity contribution in [2.45, 2.75) is 38.0 Å². The number of hydrogen-bond donors (Lipinski definition) is 0. The summed E-state index contributed by atoms with van der Waals surface area (Å²) in [5, 5.41) is 1.39. The first-order valence-corrected chi connectivity index (χ1v) is 15.9. The highest BCUT2D eigenvalue weighted by Crippen LogP contribution is 2.59. The third-order valence-electron chi connectivity index (χ3n) is 8.78. The Morgan fingerprint density at radius 1 is 0.629 bits per heavy atom. The molecule has 1 nitrogen and oxygen atoms in total. The van der Waals surface area contributed by atoms with E-state index in [1.165, 1.54) is 55.5 Å². The van der Waals surface area contributed by atoms with Gasteiger partial charge in [-0.1, -0.05) is 103 Å². The Morgan fingerprint density at radius 2 is 1.23 bits per heavy atom. The minimum atomic E-state index is -2.00. The van der Waals surface area contributed by atoms with E-state index >= 15 is 0 Å². The molecule has 0 bridgehead atoms. The lowest BCUT2D eigenvalue weighted by Gasteiger charge is -2.38. The number of nitrogens with zero attached hydrogens (tertiary/aromatic N) is 1. The average Bonchev–Trinajstić information content (AvgIpc) is 3.45. The van der Waals surface area contributed by atoms with E-state index in [1.807, 2.05) is 0 Å². The summed E-state index contributed by atoms with van der Waals surface area (Å²) in [6.07, 6.45) is 0. The van der Waals surface area contributed by atoms with E-state index in [9.17, 15) is 0 Å². The van der Waals surface area contributed by atoms with E-state index in [1.54, 1.807) is 11.1 Å². The van der Waals surface area contributed by atoms with Crippen molar-refractivity contribution in [1.29, 1.82) is 0 Å². The second-order valence-electron chi connectivity index (χ2n) is 11.3. The monoisotopic (exact) mass is 469 g/mol. The molecule has 7 rings (SSSR count). The molecule has 1 atom stereocenters. The van der Waals surface area contributed by atoms with Crippen LogP contribution in [0.5, 0.6) is 0 Å². The molecule has 2 aliphatic rings. The van der Waals surface area contributed by atoms with Crippen LogP contribution in [0.4, 0.5) is 0 Å². The third kappa shape index (κ3) is 2.69. The van der Waals surface area contributed by atoms with Crippen molar-refractivity contribution >= 4 is 19.0 Å². The van der Waals surface area contributed by atoms with E-state index in [4.69, 9.17) is 0 Å². The Kier molecular flexibility index (Phi) is 4.24. The predicted octanol–water partition coefficient (Wildman–Crippen LogP) is 8.51. The van der Waals surface area contributed by atoms with Crippen molar-refractivity contribution in [3.8, 4) is 22.3 Å². The summed E-state index contributed by atoms with van der Waals surface area (Å²) in [6.45, 7) is 9.78. The van der Waals surface area contributed by atoms with Gasteiger partial charge in [0.25, 0.3) is 0 Å². The van der Waals surface area contributed by atoms with Gasteiger partial charge in [0.2, 0.25) is 0 Å². The second-order valence-corrected chi connectivity index (χ2v) is 16.1. The van der Waals surface area contributed by atoms with Crippen LogP contribution >= 0.6 is 0 Å². The van der Waals surface area contributed by atoms with E-state index in [0.29, 0.717) is 11.1 Å². The van der Waals surface area contributed by atoms with Crippen LogP contribution in [0.25, 0.3) is 33.2 Å². The summed E-state index contributed by atoms with van der Waals surface area (Å²) in [5.41, 5.74) is 16.9. The van der Waals surface area contributed by atoms with E-state index in [2.05, 4.69) is 123 Å². The maximum absolute atomic E-state index is 2.65. The van der Waals surface area contributed by atoms with Gasteiger partial charge in [0, 0.05) is 40.3 Å². The number of rotatable bonds is 2. The van der Waals surface area contributed by atoms with Gasteiger partial charge in [-0.25, -0.2) is 0 Å². The summed E-state index contributed by atoms with van der Waals surface area (Å²) in [4.78, 5) is 0. The van der Waals surface area contributed by atoms with E-state index in [0.717, 1.165) is 0 Å². The van der Waals surface area contributed by atoms with Crippen molar-refractivity contribution in [3.05, 3.63) is 118 Å². The number of aryl methyl sites for hydroxylation is 3. The zero-order valence-electron chi connectivity index (χ0n) is 21.2. The van der Waals surface area contributed by atoms with Gasteiger partial charge in [0.15, 0.2) is 0 Å². The molecule has 35 heavy (non-hydrogen) atoms. The van der Waals surface area contributed by atoms with Crippen LogP contribution in [0.1, 0.15) is 44.6 Å². The molecular weight excluding hydrogens is 438 g/mol. The van der Waals surface area contributed by atoms with Gasteiger partial charge >= 0.3 is 0 Å². The van der Waals surface area contributed by atoms with Gasteiger partial charge in [-0.2, -0.15) is 0 Å². The van der Waals surface area contributed by atoms with Crippen LogP contribution in [0.3, 0.4) is 0 Å². The summed E-state index contributed by atoms with van der Waals surface area (Å²) in [5.74, 6) is 0. The molecule has 0 amide bonds. The van der Waals surface area contributed by atoms with Crippen molar-refractivity contribution in [2.24, 2.45) is 7.05 Å². The Balaban J connectivity index is 1.53. The first-order valence-electron chi connectivity index (χ1n) is 12.8. The molecule has 1 aromatic heterocycles. The van der Waals surface area contributed by atoms with Crippen LogP contribution in [0.15, 0.2) is 84.9 Å². The molecule has 2 aliphatic carbocycles. The summed E-state index contributed by atoms with van der Waals surface area (Å²) >= 11 is 0. The van der Waals surface area contributed by atoms with Gasteiger partial charge in [-0.05, 0) is 53.3 Å². The zero-order valence-corrected chi connectivity index (χ0v) is 22.2. The molecule has 0 saturated carbocycles. The minimum absolute atomic E-state index is 0.441. The largest absolute Gasteiger partial charge is 0.347 e. The third-order valence-corrected chi connectivity index (χ3v) is 13.0. The lowest BCUT2D eigenvalue weighted by atomic mass is 10.0. The van der Waals surface area contributed by atoms with Gasteiger partial charge in [-0.3, -0.25) is 0 Å². The molecule has 5 aromatic rings. The van der Waals surface area contributed by atoms with Crippen LogP contribution in [0.2, 0.25) is 13.1 Å². The second kappa shape index (κ2) is 7.08. The highest BCUT2D eigenvalue weighted by atomic mass is 28.3. The molecule has 172 valence electrons. The van der Waals surface area contributed by atoms with Crippen LogP contribution in [-0.2, 0) is 7.05 Å². The topological polar surface area (TPSA) is 4.93 Å². The molecule has 0 spiro atoms. The molecule has 0 saturated heterocycles. The lowest BCUT2D eigenvalue weighted by Crippen LogP contribution is -2.42. The predicted molar refractivity (Wildman–Crippen MR) is 151 cm³/mol.